The predicted molar refractivity (Wildman–Crippen MR) is 69.3 cm³/mol. The maximum atomic E-state index is 12.9. The number of amides is 1. The van der Waals surface area contributed by atoms with Crippen LogP contribution in [0.25, 0.3) is 0 Å². The number of hydrogen-bond donors (Lipinski definition) is 1. The molecule has 21 heavy (non-hydrogen) atoms. The Hall–Kier alpha value is -1.24. The summed E-state index contributed by atoms with van der Waals surface area (Å²) in [4.78, 5) is 13.8. The van der Waals surface area contributed by atoms with Crippen LogP contribution in [-0.4, -0.2) is 47.4 Å². The number of ether oxygens (including phenoxy) is 1. The summed E-state index contributed by atoms with van der Waals surface area (Å²) in [6.45, 7) is 2.41. The van der Waals surface area contributed by atoms with Gasteiger partial charge >= 0.3 is 6.18 Å². The van der Waals surface area contributed by atoms with Crippen LogP contribution in [-0.2, 0) is 9.53 Å². The molecule has 1 N–H and O–H groups in total. The van der Waals surface area contributed by atoms with Gasteiger partial charge in [-0.05, 0) is 32.6 Å². The molecule has 1 atom stereocenters. The van der Waals surface area contributed by atoms with Gasteiger partial charge in [0.05, 0.1) is 12.2 Å². The first-order valence-electron chi connectivity index (χ1n) is 7.15. The SMILES string of the molecule is CC1=C(C(=O)N2CCCC(O)(C(F)(F)F)CC2)CCCO1. The molecule has 1 fully saturated rings. The van der Waals surface area contributed by atoms with Gasteiger partial charge in [-0.1, -0.05) is 0 Å². The Balaban J connectivity index is 2.08. The molecule has 1 unspecified atom stereocenters. The molecule has 2 aliphatic heterocycles. The number of nitrogens with zero attached hydrogens (tertiary/aromatic N) is 1. The van der Waals surface area contributed by atoms with Crippen LogP contribution in [0.5, 0.6) is 0 Å². The highest BCUT2D eigenvalue weighted by atomic mass is 19.4. The largest absolute Gasteiger partial charge is 0.498 e. The molecule has 2 aliphatic rings. The zero-order valence-corrected chi connectivity index (χ0v) is 12.0. The van der Waals surface area contributed by atoms with Gasteiger partial charge in [-0.25, -0.2) is 0 Å². The number of carbonyl (C=O) groups excluding carboxylic acids is 1. The summed E-state index contributed by atoms with van der Waals surface area (Å²) in [6.07, 6.45) is -4.04. The van der Waals surface area contributed by atoms with Crippen LogP contribution in [0.15, 0.2) is 11.3 Å². The average Bonchev–Trinajstić information content (AvgIpc) is 2.61. The molecular weight excluding hydrogens is 287 g/mol. The van der Waals surface area contributed by atoms with Gasteiger partial charge in [-0.15, -0.1) is 0 Å². The molecule has 1 saturated heterocycles. The highest BCUT2D eigenvalue weighted by Gasteiger charge is 2.53. The Morgan fingerprint density at radius 1 is 1.29 bits per heavy atom. The van der Waals surface area contributed by atoms with Crippen LogP contribution in [0.4, 0.5) is 13.2 Å². The smallest absolute Gasteiger partial charge is 0.417 e. The normalized spacial score (nSPS) is 28.1. The molecule has 0 aromatic heterocycles. The Kier molecular flexibility index (Phi) is 4.51. The van der Waals surface area contributed by atoms with Gasteiger partial charge in [0.2, 0.25) is 0 Å². The van der Waals surface area contributed by atoms with E-state index in [0.717, 1.165) is 6.42 Å². The molecule has 0 radical (unpaired) electrons. The van der Waals surface area contributed by atoms with Crippen molar-refractivity contribution < 1.29 is 27.8 Å². The number of halogens is 3. The molecule has 0 saturated carbocycles. The van der Waals surface area contributed by atoms with E-state index in [1.807, 2.05) is 0 Å². The van der Waals surface area contributed by atoms with Crippen molar-refractivity contribution in [2.45, 2.75) is 50.8 Å². The third kappa shape index (κ3) is 3.33. The topological polar surface area (TPSA) is 49.8 Å². The van der Waals surface area contributed by atoms with E-state index < -0.39 is 18.2 Å². The van der Waals surface area contributed by atoms with E-state index in [-0.39, 0.29) is 31.8 Å². The van der Waals surface area contributed by atoms with Gasteiger partial charge < -0.3 is 14.7 Å². The zero-order valence-electron chi connectivity index (χ0n) is 12.0. The van der Waals surface area contributed by atoms with E-state index in [9.17, 15) is 23.1 Å². The molecular formula is C14H20F3NO3. The maximum absolute atomic E-state index is 12.9. The minimum Gasteiger partial charge on any atom is -0.498 e. The molecule has 120 valence electrons. The quantitative estimate of drug-likeness (QED) is 0.809. The molecule has 0 aromatic carbocycles. The maximum Gasteiger partial charge on any atom is 0.417 e. The van der Waals surface area contributed by atoms with Crippen molar-refractivity contribution in [1.29, 1.82) is 0 Å². The zero-order chi connectivity index (χ0) is 15.7. The Morgan fingerprint density at radius 3 is 2.62 bits per heavy atom. The summed E-state index contributed by atoms with van der Waals surface area (Å²) in [5, 5.41) is 9.75. The summed E-state index contributed by atoms with van der Waals surface area (Å²) in [7, 11) is 0. The Labute approximate surface area is 121 Å². The number of carbonyl (C=O) groups is 1. The van der Waals surface area contributed by atoms with Crippen molar-refractivity contribution in [2.75, 3.05) is 19.7 Å². The first-order valence-corrected chi connectivity index (χ1v) is 7.15. The lowest BCUT2D eigenvalue weighted by molar-refractivity contribution is -0.263. The van der Waals surface area contributed by atoms with Crippen molar-refractivity contribution in [3.63, 3.8) is 0 Å². The fourth-order valence-electron chi connectivity index (χ4n) is 2.79. The second-order valence-electron chi connectivity index (χ2n) is 5.66. The van der Waals surface area contributed by atoms with Crippen molar-refractivity contribution in [1.82, 2.24) is 4.90 Å². The fraction of sp³-hybridized carbons (Fsp3) is 0.786. The molecule has 0 bridgehead atoms. The number of allylic oxidation sites excluding steroid dienone is 1. The number of likely N-dealkylation sites (tertiary alicyclic amines) is 1. The third-order valence-electron chi connectivity index (χ3n) is 4.20. The lowest BCUT2D eigenvalue weighted by Gasteiger charge is -2.29. The third-order valence-corrected chi connectivity index (χ3v) is 4.20. The number of rotatable bonds is 1. The van der Waals surface area contributed by atoms with Crippen LogP contribution >= 0.6 is 0 Å². The van der Waals surface area contributed by atoms with E-state index in [0.29, 0.717) is 24.4 Å². The molecule has 2 rings (SSSR count). The molecule has 1 amide bonds. The van der Waals surface area contributed by atoms with Gasteiger partial charge in [0.25, 0.3) is 5.91 Å². The molecule has 4 nitrogen and oxygen atoms in total. The van der Waals surface area contributed by atoms with Crippen LogP contribution < -0.4 is 0 Å². The second-order valence-corrected chi connectivity index (χ2v) is 5.66. The molecule has 0 spiro atoms. The van der Waals surface area contributed by atoms with Gasteiger partial charge in [0, 0.05) is 19.5 Å². The lowest BCUT2D eigenvalue weighted by atomic mass is 9.94. The molecule has 0 aliphatic carbocycles. The second kappa shape index (κ2) is 5.87. The van der Waals surface area contributed by atoms with Crippen molar-refractivity contribution >= 4 is 5.91 Å². The van der Waals surface area contributed by atoms with Gasteiger partial charge in [0.1, 0.15) is 5.76 Å². The summed E-state index contributed by atoms with van der Waals surface area (Å²) >= 11 is 0. The Bertz CT molecular complexity index is 447. The van der Waals surface area contributed by atoms with Gasteiger partial charge in [0.15, 0.2) is 5.60 Å². The lowest BCUT2D eigenvalue weighted by Crippen LogP contribution is -2.46. The number of hydrogen-bond acceptors (Lipinski definition) is 3. The number of alkyl halides is 3. The van der Waals surface area contributed by atoms with Crippen molar-refractivity contribution in [3.05, 3.63) is 11.3 Å². The van der Waals surface area contributed by atoms with E-state index >= 15 is 0 Å². The van der Waals surface area contributed by atoms with E-state index in [2.05, 4.69) is 0 Å². The first-order chi connectivity index (χ1) is 9.74. The minimum absolute atomic E-state index is 0.0916. The van der Waals surface area contributed by atoms with E-state index in [1.54, 1.807) is 6.92 Å². The monoisotopic (exact) mass is 307 g/mol. The summed E-state index contributed by atoms with van der Waals surface area (Å²) in [6, 6.07) is 0. The van der Waals surface area contributed by atoms with Crippen LogP contribution in [0.1, 0.15) is 39.0 Å². The van der Waals surface area contributed by atoms with Crippen molar-refractivity contribution in [3.8, 4) is 0 Å². The van der Waals surface area contributed by atoms with Crippen LogP contribution in [0, 0.1) is 0 Å². The Morgan fingerprint density at radius 2 is 2.00 bits per heavy atom. The van der Waals surface area contributed by atoms with E-state index in [1.165, 1.54) is 4.90 Å². The average molecular weight is 307 g/mol. The molecule has 7 heteroatoms. The highest BCUT2D eigenvalue weighted by molar-refractivity contribution is 5.94. The standard InChI is InChI=1S/C14H20F3NO3/c1-10-11(4-2-9-21-10)12(19)18-7-3-5-13(20,6-8-18)14(15,16)17/h20H,2-9H2,1H3. The predicted octanol–water partition coefficient (Wildman–Crippen LogP) is 2.38. The summed E-state index contributed by atoms with van der Waals surface area (Å²) in [5.41, 5.74) is -2.15. The highest BCUT2D eigenvalue weighted by Crippen LogP contribution is 2.38. The summed E-state index contributed by atoms with van der Waals surface area (Å²) in [5.74, 6) is 0.292. The minimum atomic E-state index is -4.66. The summed E-state index contributed by atoms with van der Waals surface area (Å²) < 4.78 is 43.9. The van der Waals surface area contributed by atoms with Crippen LogP contribution in [0.3, 0.4) is 0 Å². The van der Waals surface area contributed by atoms with Gasteiger partial charge in [-0.3, -0.25) is 4.79 Å². The molecule has 0 aromatic rings. The molecule has 2 heterocycles. The number of aliphatic hydroxyl groups is 1. The first kappa shape index (κ1) is 16.1. The van der Waals surface area contributed by atoms with E-state index in [4.69, 9.17) is 4.74 Å². The van der Waals surface area contributed by atoms with Crippen LogP contribution in [0.2, 0.25) is 0 Å². The van der Waals surface area contributed by atoms with Gasteiger partial charge in [-0.2, -0.15) is 13.2 Å². The fourth-order valence-corrected chi connectivity index (χ4v) is 2.79. The van der Waals surface area contributed by atoms with Crippen molar-refractivity contribution in [2.24, 2.45) is 0 Å².